The normalized spacial score (nSPS) is 11.1. The van der Waals surface area contributed by atoms with Crippen LogP contribution in [-0.4, -0.2) is 49.5 Å². The van der Waals surface area contributed by atoms with Crippen LogP contribution in [0.1, 0.15) is 121 Å². The molecule has 6 aromatic rings. The van der Waals surface area contributed by atoms with Gasteiger partial charge in [0.05, 0.1) is 36.7 Å². The predicted molar refractivity (Wildman–Crippen MR) is 290 cm³/mol. The molecular weight excluding hydrogens is 969 g/mol. The molecule has 0 aliphatic rings. The second kappa shape index (κ2) is 26.7. The van der Waals surface area contributed by atoms with Gasteiger partial charge in [-0.3, -0.25) is 9.59 Å². The van der Waals surface area contributed by atoms with Crippen LogP contribution in [-0.2, 0) is 29.9 Å². The van der Waals surface area contributed by atoms with Gasteiger partial charge in [0.15, 0.2) is 0 Å². The molecule has 0 amide bonds. The van der Waals surface area contributed by atoms with Crippen molar-refractivity contribution in [1.29, 1.82) is 0 Å². The van der Waals surface area contributed by atoms with Gasteiger partial charge in [-0.05, 0) is 123 Å². The first-order valence-corrected chi connectivity index (χ1v) is 25.0. The number of carbonyl (C=O) groups is 5. The van der Waals surface area contributed by atoms with Crippen molar-refractivity contribution in [2.45, 2.75) is 100 Å². The van der Waals surface area contributed by atoms with E-state index in [0.29, 0.717) is 46.9 Å². The van der Waals surface area contributed by atoms with Crippen molar-refractivity contribution in [2.75, 3.05) is 13.2 Å². The zero-order chi connectivity index (χ0) is 55.7. The van der Waals surface area contributed by atoms with E-state index >= 15 is 0 Å². The van der Waals surface area contributed by atoms with E-state index in [-0.39, 0.29) is 58.6 Å². The highest BCUT2D eigenvalue weighted by atomic mass is 16.7. The van der Waals surface area contributed by atoms with Crippen LogP contribution in [0.5, 0.6) is 40.2 Å². The summed E-state index contributed by atoms with van der Waals surface area (Å²) in [6.45, 7) is 27.3. The molecule has 0 aromatic heterocycles. The Labute approximate surface area is 445 Å². The molecule has 6 rings (SSSR count). The largest absolute Gasteiger partial charge is 0.519 e. The topological polar surface area (TPSA) is 168 Å². The van der Waals surface area contributed by atoms with Crippen molar-refractivity contribution in [3.8, 4) is 40.2 Å². The molecule has 0 saturated heterocycles. The maximum atomic E-state index is 12.5. The Morgan fingerprint density at radius 1 is 0.421 bits per heavy atom. The maximum Gasteiger partial charge on any atom is 0.519 e. The minimum atomic E-state index is -0.963. The summed E-state index contributed by atoms with van der Waals surface area (Å²) in [7, 11) is 0. The third-order valence-corrected chi connectivity index (χ3v) is 11.7. The van der Waals surface area contributed by atoms with Crippen molar-refractivity contribution in [3.05, 3.63) is 179 Å². The van der Waals surface area contributed by atoms with Gasteiger partial charge in [0, 0.05) is 22.5 Å². The van der Waals surface area contributed by atoms with Crippen molar-refractivity contribution in [2.24, 2.45) is 11.8 Å². The lowest BCUT2D eigenvalue weighted by molar-refractivity contribution is -0.138. The number of benzene rings is 6. The quantitative estimate of drug-likeness (QED) is 0.0325. The summed E-state index contributed by atoms with van der Waals surface area (Å²) in [5.41, 5.74) is 4.29. The highest BCUT2D eigenvalue weighted by Gasteiger charge is 2.26. The molecule has 14 nitrogen and oxygen atoms in total. The standard InChI is InChI=1S/C32H36O8.C30H32O6/c1-8-36-30(34)22-17-27(37-21(4)5)19-28(18-22)40-31(35)39-26-15-11-24(12-16-26)32(6,7)23-9-13-25(14-10-23)38-29(33)20(2)3;1-7-33-21(4)22-9-8-10-27(19-22)36-29(32)35-26-17-13-24(14-18-26)30(5,6)23-11-15-25(16-12-23)34-28(31)20(2)3/h9-21H,8H2,1-7H3;8-20H,4,7H2,1-3,5-6H3. The Balaban J connectivity index is 0.000000282. The Kier molecular flexibility index (Phi) is 20.6. The van der Waals surface area contributed by atoms with Crippen LogP contribution < -0.4 is 33.2 Å². The smallest absolute Gasteiger partial charge is 0.494 e. The van der Waals surface area contributed by atoms with E-state index in [1.807, 2.05) is 75.4 Å². The summed E-state index contributed by atoms with van der Waals surface area (Å²) < 4.78 is 48.2. The van der Waals surface area contributed by atoms with Gasteiger partial charge < -0.3 is 42.6 Å². The first kappa shape index (κ1) is 58.5. The van der Waals surface area contributed by atoms with E-state index in [1.54, 1.807) is 101 Å². The molecule has 0 aliphatic carbocycles. The molecule has 14 heteroatoms. The van der Waals surface area contributed by atoms with Crippen LogP contribution in [0.15, 0.2) is 146 Å². The second-order valence-electron chi connectivity index (χ2n) is 19.4. The fourth-order valence-electron chi connectivity index (χ4n) is 7.28. The van der Waals surface area contributed by atoms with Crippen LogP contribution in [0.4, 0.5) is 9.59 Å². The Morgan fingerprint density at radius 3 is 1.16 bits per heavy atom. The van der Waals surface area contributed by atoms with Gasteiger partial charge in [0.1, 0.15) is 46.0 Å². The summed E-state index contributed by atoms with van der Waals surface area (Å²) in [6, 6.07) is 40.6. The van der Waals surface area contributed by atoms with E-state index in [9.17, 15) is 24.0 Å². The van der Waals surface area contributed by atoms with Crippen molar-refractivity contribution >= 4 is 36.0 Å². The van der Waals surface area contributed by atoms with E-state index in [4.69, 9.17) is 42.6 Å². The fraction of sp³-hybridized carbons (Fsp3) is 0.306. The number of ether oxygens (including phenoxy) is 9. The van der Waals surface area contributed by atoms with E-state index < -0.39 is 18.3 Å². The number of hydrogen-bond acceptors (Lipinski definition) is 14. The summed E-state index contributed by atoms with van der Waals surface area (Å²) in [5.74, 6) is 1.46. The lowest BCUT2D eigenvalue weighted by Gasteiger charge is -2.26. The summed E-state index contributed by atoms with van der Waals surface area (Å²) >= 11 is 0. The average molecular weight is 1040 g/mol. The van der Waals surface area contributed by atoms with Crippen LogP contribution in [0.25, 0.3) is 5.76 Å². The van der Waals surface area contributed by atoms with Gasteiger partial charge in [0.25, 0.3) is 0 Å². The SMILES string of the molecule is C=C(OCC)c1cccc(OC(=O)Oc2ccc(C(C)(C)c3ccc(OC(=O)C(C)C)cc3)cc2)c1.CCOC(=O)c1cc(OC(=O)Oc2ccc(C(C)(C)c3ccc(OC(=O)C(C)C)cc3)cc2)cc(OC(C)C)c1. The third-order valence-electron chi connectivity index (χ3n) is 11.7. The van der Waals surface area contributed by atoms with E-state index in [1.165, 1.54) is 18.2 Å². The van der Waals surface area contributed by atoms with E-state index in [2.05, 4.69) is 34.3 Å². The minimum Gasteiger partial charge on any atom is -0.494 e. The number of rotatable bonds is 19. The molecule has 0 N–H and O–H groups in total. The number of carbonyl (C=O) groups excluding carboxylic acids is 5. The molecule has 0 heterocycles. The molecule has 0 unspecified atom stereocenters. The first-order valence-electron chi connectivity index (χ1n) is 25.0. The highest BCUT2D eigenvalue weighted by Crippen LogP contribution is 2.36. The molecule has 0 saturated carbocycles. The van der Waals surface area contributed by atoms with Crippen molar-refractivity contribution < 1.29 is 66.6 Å². The molecule has 400 valence electrons. The Morgan fingerprint density at radius 2 is 0.776 bits per heavy atom. The molecule has 6 aromatic carbocycles. The van der Waals surface area contributed by atoms with Gasteiger partial charge in [-0.2, -0.15) is 0 Å². The third kappa shape index (κ3) is 16.8. The number of esters is 3. The monoisotopic (exact) mass is 1040 g/mol. The highest BCUT2D eigenvalue weighted by molar-refractivity contribution is 5.90. The van der Waals surface area contributed by atoms with Gasteiger partial charge in [-0.1, -0.05) is 123 Å². The lowest BCUT2D eigenvalue weighted by Crippen LogP contribution is -2.19. The molecular formula is C62H68O14. The molecule has 76 heavy (non-hydrogen) atoms. The minimum absolute atomic E-state index is 0.0893. The number of hydrogen-bond donors (Lipinski definition) is 0. The van der Waals surface area contributed by atoms with Crippen LogP contribution in [0.3, 0.4) is 0 Å². The fourth-order valence-corrected chi connectivity index (χ4v) is 7.28. The van der Waals surface area contributed by atoms with Crippen LogP contribution >= 0.6 is 0 Å². The molecule has 0 bridgehead atoms. The van der Waals surface area contributed by atoms with Gasteiger partial charge in [0.2, 0.25) is 0 Å². The zero-order valence-corrected chi connectivity index (χ0v) is 45.3. The molecule has 0 radical (unpaired) electrons. The Hall–Kier alpha value is -8.39. The van der Waals surface area contributed by atoms with Gasteiger partial charge >= 0.3 is 30.2 Å². The summed E-state index contributed by atoms with van der Waals surface area (Å²) in [6.07, 6.45) is -1.96. The van der Waals surface area contributed by atoms with Crippen LogP contribution in [0, 0.1) is 11.8 Å². The summed E-state index contributed by atoms with van der Waals surface area (Å²) in [5, 5.41) is 0. The van der Waals surface area contributed by atoms with Crippen molar-refractivity contribution in [1.82, 2.24) is 0 Å². The van der Waals surface area contributed by atoms with Gasteiger partial charge in [-0.15, -0.1) is 0 Å². The van der Waals surface area contributed by atoms with Crippen LogP contribution in [0.2, 0.25) is 0 Å². The first-order chi connectivity index (χ1) is 36.0. The van der Waals surface area contributed by atoms with Crippen molar-refractivity contribution in [3.63, 3.8) is 0 Å². The zero-order valence-electron chi connectivity index (χ0n) is 45.3. The second-order valence-corrected chi connectivity index (χ2v) is 19.4. The average Bonchev–Trinajstić information content (AvgIpc) is 3.37. The molecule has 0 atom stereocenters. The Bertz CT molecular complexity index is 2930. The predicted octanol–water partition coefficient (Wildman–Crippen LogP) is 14.3. The molecule has 0 aliphatic heterocycles. The molecule has 0 fully saturated rings. The molecule has 0 spiro atoms. The maximum absolute atomic E-state index is 12.5. The van der Waals surface area contributed by atoms with E-state index in [0.717, 1.165) is 27.8 Å². The lowest BCUT2D eigenvalue weighted by atomic mass is 9.78. The van der Waals surface area contributed by atoms with Gasteiger partial charge in [-0.25, -0.2) is 14.4 Å². The summed E-state index contributed by atoms with van der Waals surface area (Å²) in [4.78, 5) is 60.8.